The van der Waals surface area contributed by atoms with Crippen molar-refractivity contribution in [2.75, 3.05) is 38.2 Å². The van der Waals surface area contributed by atoms with Crippen molar-refractivity contribution in [1.29, 1.82) is 0 Å². The topological polar surface area (TPSA) is 89.5 Å². The molecule has 1 aliphatic heterocycles. The smallest absolute Gasteiger partial charge is 0.293 e. The maximum Gasteiger partial charge on any atom is 0.293 e. The second kappa shape index (κ2) is 8.41. The molecule has 0 unspecified atom stereocenters. The van der Waals surface area contributed by atoms with E-state index in [9.17, 15) is 4.79 Å². The number of morpholine rings is 1. The first-order valence-electron chi connectivity index (χ1n) is 8.95. The zero-order chi connectivity index (χ0) is 18.5. The highest BCUT2D eigenvalue weighted by Gasteiger charge is 2.24. The minimum Gasteiger partial charge on any atom is -0.374 e. The van der Waals surface area contributed by atoms with Crippen LogP contribution in [0.5, 0.6) is 0 Å². The van der Waals surface area contributed by atoms with Gasteiger partial charge in [-0.2, -0.15) is 4.98 Å². The zero-order valence-electron chi connectivity index (χ0n) is 15.6. The summed E-state index contributed by atoms with van der Waals surface area (Å²) in [5.41, 5.74) is -0.113. The fourth-order valence-corrected chi connectivity index (χ4v) is 3.04. The largest absolute Gasteiger partial charge is 0.374 e. The van der Waals surface area contributed by atoms with E-state index < -0.39 is 0 Å². The molecule has 0 aromatic carbocycles. The third-order valence-corrected chi connectivity index (χ3v) is 4.40. The maximum atomic E-state index is 12.2. The molecule has 2 aromatic heterocycles. The van der Waals surface area contributed by atoms with E-state index in [2.05, 4.69) is 26.9 Å². The molecule has 0 radical (unpaired) electrons. The average molecular weight is 362 g/mol. The molecule has 3 heterocycles. The van der Waals surface area contributed by atoms with Crippen molar-refractivity contribution in [3.8, 4) is 0 Å². The lowest BCUT2D eigenvalue weighted by Crippen LogP contribution is -2.47. The number of aromatic nitrogens is 4. The Balaban J connectivity index is 1.57. The lowest BCUT2D eigenvalue weighted by molar-refractivity contribution is -0.0274. The summed E-state index contributed by atoms with van der Waals surface area (Å²) in [5.74, 6) is 1.83. The Bertz CT molecular complexity index is 774. The molecule has 3 rings (SSSR count). The Hall–Kier alpha value is -2.26. The molecule has 0 spiro atoms. The van der Waals surface area contributed by atoms with Crippen LogP contribution in [-0.2, 0) is 24.8 Å². The van der Waals surface area contributed by atoms with Crippen LogP contribution in [0.1, 0.15) is 25.1 Å². The van der Waals surface area contributed by atoms with Crippen molar-refractivity contribution >= 4 is 5.82 Å². The zero-order valence-corrected chi connectivity index (χ0v) is 15.6. The van der Waals surface area contributed by atoms with Crippen LogP contribution in [0.2, 0.25) is 0 Å². The summed E-state index contributed by atoms with van der Waals surface area (Å²) in [6.07, 6.45) is 5.06. The van der Waals surface area contributed by atoms with Gasteiger partial charge in [0.15, 0.2) is 11.6 Å². The number of hydrogen-bond donors (Lipinski definition) is 0. The van der Waals surface area contributed by atoms with Gasteiger partial charge in [-0.15, -0.1) is 0 Å². The second-order valence-corrected chi connectivity index (χ2v) is 6.63. The third-order valence-electron chi connectivity index (χ3n) is 4.40. The van der Waals surface area contributed by atoms with Crippen LogP contribution < -0.4 is 10.5 Å². The predicted octanol–water partition coefficient (Wildman–Crippen LogP) is 0.453. The quantitative estimate of drug-likeness (QED) is 0.701. The van der Waals surface area contributed by atoms with E-state index >= 15 is 0 Å². The number of nitrogens with zero attached hydrogens (tertiary/aromatic N) is 6. The molecule has 0 aliphatic carbocycles. The average Bonchev–Trinajstić information content (AvgIpc) is 3.05. The van der Waals surface area contributed by atoms with Gasteiger partial charge in [-0.05, 0) is 6.42 Å². The molecular formula is C17H26N6O3. The monoisotopic (exact) mass is 362 g/mol. The first kappa shape index (κ1) is 18.5. The normalized spacial score (nSPS) is 18.2. The molecular weight excluding hydrogens is 336 g/mol. The molecule has 142 valence electrons. The maximum absolute atomic E-state index is 12.2. The number of hydrogen-bond acceptors (Lipinski definition) is 8. The number of rotatable bonds is 7. The van der Waals surface area contributed by atoms with Gasteiger partial charge in [0, 0.05) is 52.5 Å². The van der Waals surface area contributed by atoms with Gasteiger partial charge in [0.1, 0.15) is 0 Å². The first-order valence-corrected chi connectivity index (χ1v) is 8.95. The van der Waals surface area contributed by atoms with Crippen LogP contribution in [-0.4, -0.2) is 64.0 Å². The molecule has 0 bridgehead atoms. The van der Waals surface area contributed by atoms with Crippen LogP contribution in [0.25, 0.3) is 0 Å². The standard InChI is InChI=1S/C17H26N6O3/c1-4-5-15-19-14(20-26-15)12-23-8-9-25-13(11-23)10-22(3)16-17(24)21(2)7-6-18-16/h6-7,13H,4-5,8-12H2,1-3H3/t13-/m0/s1. The van der Waals surface area contributed by atoms with E-state index in [0.29, 0.717) is 37.2 Å². The Kier molecular flexibility index (Phi) is 6.00. The van der Waals surface area contributed by atoms with Gasteiger partial charge >= 0.3 is 0 Å². The van der Waals surface area contributed by atoms with Crippen LogP contribution in [0.4, 0.5) is 5.82 Å². The molecule has 1 saturated heterocycles. The molecule has 2 aromatic rings. The molecule has 1 fully saturated rings. The van der Waals surface area contributed by atoms with E-state index in [1.165, 1.54) is 4.57 Å². The Morgan fingerprint density at radius 2 is 2.27 bits per heavy atom. The second-order valence-electron chi connectivity index (χ2n) is 6.63. The highest BCUT2D eigenvalue weighted by Crippen LogP contribution is 2.12. The highest BCUT2D eigenvalue weighted by molar-refractivity contribution is 5.34. The SMILES string of the molecule is CCCc1nc(CN2CCO[C@@H](CN(C)c3nccn(C)c3=O)C2)no1. The van der Waals surface area contributed by atoms with Crippen LogP contribution in [0, 0.1) is 0 Å². The van der Waals surface area contributed by atoms with Crippen LogP contribution in [0.3, 0.4) is 0 Å². The van der Waals surface area contributed by atoms with E-state index in [-0.39, 0.29) is 11.7 Å². The lowest BCUT2D eigenvalue weighted by Gasteiger charge is -2.34. The van der Waals surface area contributed by atoms with Gasteiger partial charge in [-0.3, -0.25) is 9.69 Å². The summed E-state index contributed by atoms with van der Waals surface area (Å²) >= 11 is 0. The fraction of sp³-hybridized carbons (Fsp3) is 0.647. The molecule has 0 amide bonds. The van der Waals surface area contributed by atoms with Gasteiger partial charge in [0.05, 0.1) is 19.3 Å². The number of anilines is 1. The lowest BCUT2D eigenvalue weighted by atomic mass is 10.2. The molecule has 9 nitrogen and oxygen atoms in total. The minimum absolute atomic E-state index is 0.0116. The van der Waals surface area contributed by atoms with Crippen LogP contribution in [0.15, 0.2) is 21.7 Å². The van der Waals surface area contributed by atoms with Gasteiger partial charge in [0.25, 0.3) is 5.56 Å². The predicted molar refractivity (Wildman–Crippen MR) is 96.1 cm³/mol. The van der Waals surface area contributed by atoms with E-state index in [1.807, 2.05) is 11.9 Å². The summed E-state index contributed by atoms with van der Waals surface area (Å²) in [6, 6.07) is 0. The first-order chi connectivity index (χ1) is 12.6. The van der Waals surface area contributed by atoms with E-state index in [0.717, 1.165) is 25.9 Å². The third kappa shape index (κ3) is 4.47. The van der Waals surface area contributed by atoms with E-state index in [1.54, 1.807) is 19.4 Å². The van der Waals surface area contributed by atoms with Crippen molar-refractivity contribution in [1.82, 2.24) is 24.6 Å². The van der Waals surface area contributed by atoms with Crippen molar-refractivity contribution in [2.24, 2.45) is 7.05 Å². The highest BCUT2D eigenvalue weighted by atomic mass is 16.5. The molecule has 9 heteroatoms. The number of ether oxygens (including phenoxy) is 1. The summed E-state index contributed by atoms with van der Waals surface area (Å²) in [7, 11) is 3.58. The van der Waals surface area contributed by atoms with Crippen molar-refractivity contribution in [2.45, 2.75) is 32.4 Å². The summed E-state index contributed by atoms with van der Waals surface area (Å²) < 4.78 is 12.6. The molecule has 1 aliphatic rings. The van der Waals surface area contributed by atoms with Crippen molar-refractivity contribution in [3.05, 3.63) is 34.5 Å². The van der Waals surface area contributed by atoms with Crippen molar-refractivity contribution in [3.63, 3.8) is 0 Å². The fourth-order valence-electron chi connectivity index (χ4n) is 3.04. The van der Waals surface area contributed by atoms with Gasteiger partial charge in [0.2, 0.25) is 5.89 Å². The van der Waals surface area contributed by atoms with Gasteiger partial charge in [-0.25, -0.2) is 4.98 Å². The summed E-state index contributed by atoms with van der Waals surface area (Å²) in [6.45, 7) is 5.52. The molecule has 0 saturated carbocycles. The molecule has 26 heavy (non-hydrogen) atoms. The van der Waals surface area contributed by atoms with Gasteiger partial charge in [-0.1, -0.05) is 12.1 Å². The number of likely N-dealkylation sites (N-methyl/N-ethyl adjacent to an activating group) is 1. The molecule has 1 atom stereocenters. The Morgan fingerprint density at radius 3 is 3.08 bits per heavy atom. The number of aryl methyl sites for hydroxylation is 2. The van der Waals surface area contributed by atoms with E-state index in [4.69, 9.17) is 9.26 Å². The summed E-state index contributed by atoms with van der Waals surface area (Å²) in [4.78, 5) is 24.9. The molecule has 0 N–H and O–H groups in total. The van der Waals surface area contributed by atoms with Crippen molar-refractivity contribution < 1.29 is 9.26 Å². The summed E-state index contributed by atoms with van der Waals surface area (Å²) in [5, 5.41) is 4.05. The Labute approximate surface area is 152 Å². The van der Waals surface area contributed by atoms with Crippen LogP contribution >= 0.6 is 0 Å². The minimum atomic E-state index is -0.113. The van der Waals surface area contributed by atoms with Gasteiger partial charge < -0.3 is 18.7 Å². The Morgan fingerprint density at radius 1 is 1.42 bits per heavy atom.